The Bertz CT molecular complexity index is 427. The summed E-state index contributed by atoms with van der Waals surface area (Å²) in [5, 5.41) is 0. The standard InChI is InChI=1S/C10H8BrNOS/c1-13-8-6-9(14-10(8)11)7-4-2-3-5-12-7/h2-6H,1H3. The van der Waals surface area contributed by atoms with Gasteiger partial charge in [-0.15, -0.1) is 11.3 Å². The van der Waals surface area contributed by atoms with Gasteiger partial charge in [0.15, 0.2) is 0 Å². The number of hydrogen-bond acceptors (Lipinski definition) is 3. The summed E-state index contributed by atoms with van der Waals surface area (Å²) in [5.74, 6) is 0.857. The van der Waals surface area contributed by atoms with Gasteiger partial charge in [-0.3, -0.25) is 4.98 Å². The lowest BCUT2D eigenvalue weighted by Crippen LogP contribution is -1.79. The Balaban J connectivity index is 2.43. The molecule has 2 aromatic heterocycles. The second kappa shape index (κ2) is 4.11. The average Bonchev–Trinajstić information content (AvgIpc) is 2.61. The van der Waals surface area contributed by atoms with Gasteiger partial charge in [0.25, 0.3) is 0 Å². The molecular weight excluding hydrogens is 262 g/mol. The molecule has 0 aliphatic carbocycles. The molecule has 14 heavy (non-hydrogen) atoms. The lowest BCUT2D eigenvalue weighted by molar-refractivity contribution is 0.414. The van der Waals surface area contributed by atoms with E-state index in [2.05, 4.69) is 20.9 Å². The molecule has 0 amide bonds. The van der Waals surface area contributed by atoms with Crippen molar-refractivity contribution in [2.75, 3.05) is 7.11 Å². The summed E-state index contributed by atoms with van der Waals surface area (Å²) in [7, 11) is 1.66. The molecule has 0 N–H and O–H groups in total. The van der Waals surface area contributed by atoms with Crippen LogP contribution < -0.4 is 4.74 Å². The molecule has 72 valence electrons. The van der Waals surface area contributed by atoms with Crippen LogP contribution in [0.2, 0.25) is 0 Å². The summed E-state index contributed by atoms with van der Waals surface area (Å²) in [5.41, 5.74) is 0.974. The number of pyridine rings is 1. The van der Waals surface area contributed by atoms with Crippen LogP contribution in [-0.2, 0) is 0 Å². The van der Waals surface area contributed by atoms with Gasteiger partial charge in [0.05, 0.1) is 17.7 Å². The molecule has 2 rings (SSSR count). The highest BCUT2D eigenvalue weighted by Gasteiger charge is 2.08. The first-order chi connectivity index (χ1) is 6.81. The second-order valence-electron chi connectivity index (χ2n) is 2.67. The molecule has 0 atom stereocenters. The highest BCUT2D eigenvalue weighted by molar-refractivity contribution is 9.11. The summed E-state index contributed by atoms with van der Waals surface area (Å²) in [6, 6.07) is 7.85. The number of ether oxygens (including phenoxy) is 1. The van der Waals surface area contributed by atoms with Gasteiger partial charge in [-0.2, -0.15) is 0 Å². The first-order valence-electron chi connectivity index (χ1n) is 4.06. The van der Waals surface area contributed by atoms with Crippen molar-refractivity contribution in [2.24, 2.45) is 0 Å². The third-order valence-electron chi connectivity index (χ3n) is 1.79. The Morgan fingerprint density at radius 3 is 2.86 bits per heavy atom. The van der Waals surface area contributed by atoms with E-state index in [9.17, 15) is 0 Å². The molecule has 0 radical (unpaired) electrons. The molecule has 2 nitrogen and oxygen atoms in total. The van der Waals surface area contributed by atoms with Crippen molar-refractivity contribution >= 4 is 27.3 Å². The first kappa shape index (κ1) is 9.68. The predicted octanol–water partition coefficient (Wildman–Crippen LogP) is 3.58. The molecule has 0 fully saturated rings. The SMILES string of the molecule is COc1cc(-c2ccccn2)sc1Br. The van der Waals surface area contributed by atoms with Gasteiger partial charge < -0.3 is 4.74 Å². The molecule has 2 heterocycles. The summed E-state index contributed by atoms with van der Waals surface area (Å²) in [4.78, 5) is 5.38. The maximum Gasteiger partial charge on any atom is 0.144 e. The van der Waals surface area contributed by atoms with Crippen molar-refractivity contribution in [1.82, 2.24) is 4.98 Å². The molecule has 0 saturated heterocycles. The van der Waals surface area contributed by atoms with Crippen molar-refractivity contribution in [3.63, 3.8) is 0 Å². The Labute approximate surface area is 94.7 Å². The fourth-order valence-electron chi connectivity index (χ4n) is 1.13. The van der Waals surface area contributed by atoms with Crippen molar-refractivity contribution in [2.45, 2.75) is 0 Å². The zero-order valence-electron chi connectivity index (χ0n) is 7.53. The first-order valence-corrected chi connectivity index (χ1v) is 5.67. The van der Waals surface area contributed by atoms with Gasteiger partial charge in [0, 0.05) is 12.3 Å². The van der Waals surface area contributed by atoms with Gasteiger partial charge in [-0.1, -0.05) is 6.07 Å². The van der Waals surface area contributed by atoms with Crippen LogP contribution in [0.15, 0.2) is 34.2 Å². The third kappa shape index (κ3) is 1.81. The molecular formula is C10H8BrNOS. The van der Waals surface area contributed by atoms with Gasteiger partial charge in [-0.25, -0.2) is 0 Å². The van der Waals surface area contributed by atoms with Crippen molar-refractivity contribution < 1.29 is 4.74 Å². The fraction of sp³-hybridized carbons (Fsp3) is 0.100. The Kier molecular flexibility index (Phi) is 2.84. The lowest BCUT2D eigenvalue weighted by atomic mass is 10.3. The van der Waals surface area contributed by atoms with Crippen LogP contribution in [0.1, 0.15) is 0 Å². The van der Waals surface area contributed by atoms with Crippen LogP contribution in [0, 0.1) is 0 Å². The van der Waals surface area contributed by atoms with E-state index in [0.717, 1.165) is 20.1 Å². The van der Waals surface area contributed by atoms with E-state index in [1.807, 2.05) is 24.3 Å². The molecule has 0 aliphatic rings. The largest absolute Gasteiger partial charge is 0.495 e. The number of aromatic nitrogens is 1. The van der Waals surface area contributed by atoms with Crippen LogP contribution in [-0.4, -0.2) is 12.1 Å². The van der Waals surface area contributed by atoms with E-state index in [-0.39, 0.29) is 0 Å². The predicted molar refractivity (Wildman–Crippen MR) is 61.8 cm³/mol. The molecule has 0 bridgehead atoms. The maximum absolute atomic E-state index is 5.18. The van der Waals surface area contributed by atoms with Crippen LogP contribution in [0.4, 0.5) is 0 Å². The average molecular weight is 270 g/mol. The Hall–Kier alpha value is -0.870. The quantitative estimate of drug-likeness (QED) is 0.832. The van der Waals surface area contributed by atoms with E-state index in [0.29, 0.717) is 0 Å². The second-order valence-corrected chi connectivity index (χ2v) is 5.04. The minimum Gasteiger partial charge on any atom is -0.495 e. The van der Waals surface area contributed by atoms with E-state index >= 15 is 0 Å². The topological polar surface area (TPSA) is 22.1 Å². The van der Waals surface area contributed by atoms with E-state index < -0.39 is 0 Å². The van der Waals surface area contributed by atoms with Crippen LogP contribution >= 0.6 is 27.3 Å². The van der Waals surface area contributed by atoms with Crippen molar-refractivity contribution in [3.05, 3.63) is 34.2 Å². The molecule has 0 saturated carbocycles. The summed E-state index contributed by atoms with van der Waals surface area (Å²) in [6.07, 6.45) is 1.79. The fourth-order valence-corrected chi connectivity index (χ4v) is 2.75. The molecule has 0 spiro atoms. The number of rotatable bonds is 2. The zero-order valence-corrected chi connectivity index (χ0v) is 9.93. The minimum absolute atomic E-state index is 0.857. The van der Waals surface area contributed by atoms with Crippen molar-refractivity contribution in [3.8, 4) is 16.3 Å². The molecule has 0 unspecified atom stereocenters. The van der Waals surface area contributed by atoms with Gasteiger partial charge in [-0.05, 0) is 28.1 Å². The minimum atomic E-state index is 0.857. The number of hydrogen-bond donors (Lipinski definition) is 0. The van der Waals surface area contributed by atoms with E-state index in [1.54, 1.807) is 24.6 Å². The molecule has 2 aromatic rings. The van der Waals surface area contributed by atoms with Gasteiger partial charge in [0.2, 0.25) is 0 Å². The lowest BCUT2D eigenvalue weighted by Gasteiger charge is -1.93. The van der Waals surface area contributed by atoms with Crippen LogP contribution in [0.5, 0.6) is 5.75 Å². The smallest absolute Gasteiger partial charge is 0.144 e. The van der Waals surface area contributed by atoms with Crippen LogP contribution in [0.25, 0.3) is 10.6 Å². The Morgan fingerprint density at radius 1 is 1.43 bits per heavy atom. The molecule has 0 aromatic carbocycles. The molecule has 0 aliphatic heterocycles. The number of methoxy groups -OCH3 is 1. The maximum atomic E-state index is 5.18. The monoisotopic (exact) mass is 269 g/mol. The number of thiophene rings is 1. The normalized spacial score (nSPS) is 10.1. The van der Waals surface area contributed by atoms with E-state index in [1.165, 1.54) is 0 Å². The van der Waals surface area contributed by atoms with Crippen molar-refractivity contribution in [1.29, 1.82) is 0 Å². The van der Waals surface area contributed by atoms with E-state index in [4.69, 9.17) is 4.74 Å². The zero-order chi connectivity index (χ0) is 9.97. The highest BCUT2D eigenvalue weighted by atomic mass is 79.9. The number of nitrogens with zero attached hydrogens (tertiary/aromatic N) is 1. The summed E-state index contributed by atoms with van der Waals surface area (Å²) < 4.78 is 6.18. The van der Waals surface area contributed by atoms with Gasteiger partial charge in [0.1, 0.15) is 9.54 Å². The number of halogens is 1. The van der Waals surface area contributed by atoms with Gasteiger partial charge >= 0.3 is 0 Å². The highest BCUT2D eigenvalue weighted by Crippen LogP contribution is 2.38. The summed E-state index contributed by atoms with van der Waals surface area (Å²) >= 11 is 5.06. The summed E-state index contributed by atoms with van der Waals surface area (Å²) in [6.45, 7) is 0. The molecule has 4 heteroatoms. The Morgan fingerprint density at radius 2 is 2.29 bits per heavy atom. The van der Waals surface area contributed by atoms with Crippen LogP contribution in [0.3, 0.4) is 0 Å². The third-order valence-corrected chi connectivity index (χ3v) is 3.60.